The van der Waals surface area contributed by atoms with E-state index in [1.165, 1.54) is 0 Å². The molecule has 2 nitrogen and oxygen atoms in total. The smallest absolute Gasteiger partial charge is 0.125 e. The van der Waals surface area contributed by atoms with Gasteiger partial charge in [0.25, 0.3) is 0 Å². The van der Waals surface area contributed by atoms with Crippen molar-refractivity contribution in [2.45, 2.75) is 20.0 Å². The topological polar surface area (TPSA) is 29.1 Å². The number of fused-ring (bicyclic) bond motifs is 1. The van der Waals surface area contributed by atoms with Crippen LogP contribution in [0.1, 0.15) is 25.5 Å². The van der Waals surface area contributed by atoms with Crippen molar-refractivity contribution >= 4 is 10.8 Å². The summed E-state index contributed by atoms with van der Waals surface area (Å²) in [4.78, 5) is 0. The van der Waals surface area contributed by atoms with Crippen LogP contribution in [-0.2, 0) is 5.11 Å². The predicted molar refractivity (Wildman–Crippen MR) is 64.2 cm³/mol. The van der Waals surface area contributed by atoms with E-state index in [0.717, 1.165) is 16.3 Å². The zero-order valence-corrected chi connectivity index (χ0v) is 9.57. The molecule has 0 saturated carbocycles. The van der Waals surface area contributed by atoms with Crippen LogP contribution in [0.4, 0.5) is 0 Å². The second-order valence-corrected chi connectivity index (χ2v) is 3.77. The van der Waals surface area contributed by atoms with Crippen molar-refractivity contribution in [3.8, 4) is 5.75 Å². The molecular formula is C14H15O2. The Bertz CT molecular complexity index is 489. The third-order valence-electron chi connectivity index (χ3n) is 2.64. The van der Waals surface area contributed by atoms with Gasteiger partial charge in [-0.05, 0) is 30.7 Å². The molecule has 1 radical (unpaired) electrons. The van der Waals surface area contributed by atoms with Crippen molar-refractivity contribution < 1.29 is 9.84 Å². The summed E-state index contributed by atoms with van der Waals surface area (Å²) < 4.78 is 5.51. The monoisotopic (exact) mass is 215 g/mol. The lowest BCUT2D eigenvalue weighted by atomic mass is 10.00. The molecular weight excluding hydrogens is 200 g/mol. The zero-order valence-electron chi connectivity index (χ0n) is 9.57. The number of benzene rings is 2. The Kier molecular flexibility index (Phi) is 3.11. The van der Waals surface area contributed by atoms with Gasteiger partial charge in [0.15, 0.2) is 0 Å². The van der Waals surface area contributed by atoms with Gasteiger partial charge in [0.2, 0.25) is 0 Å². The van der Waals surface area contributed by atoms with Crippen LogP contribution in [0.5, 0.6) is 5.75 Å². The Balaban J connectivity index is 2.69. The predicted octanol–water partition coefficient (Wildman–Crippen LogP) is 3.73. The molecule has 0 fully saturated rings. The van der Waals surface area contributed by atoms with Gasteiger partial charge < -0.3 is 4.74 Å². The molecule has 0 heterocycles. The largest absolute Gasteiger partial charge is 0.493 e. The van der Waals surface area contributed by atoms with Gasteiger partial charge in [-0.1, -0.05) is 30.3 Å². The van der Waals surface area contributed by atoms with Crippen LogP contribution in [0.3, 0.4) is 0 Å². The SMILES string of the molecule is CCOc1ccc2ccccc2c1C(C)[O]. The molecule has 2 aromatic carbocycles. The highest BCUT2D eigenvalue weighted by atomic mass is 16.5. The van der Waals surface area contributed by atoms with Gasteiger partial charge in [0, 0.05) is 5.56 Å². The van der Waals surface area contributed by atoms with E-state index < -0.39 is 6.10 Å². The second kappa shape index (κ2) is 4.54. The van der Waals surface area contributed by atoms with Crippen LogP contribution in [0.15, 0.2) is 36.4 Å². The maximum Gasteiger partial charge on any atom is 0.125 e. The average molecular weight is 215 g/mol. The Morgan fingerprint density at radius 2 is 1.94 bits per heavy atom. The number of ether oxygens (including phenoxy) is 1. The van der Waals surface area contributed by atoms with Crippen LogP contribution >= 0.6 is 0 Å². The van der Waals surface area contributed by atoms with E-state index in [1.807, 2.05) is 43.3 Å². The first kappa shape index (κ1) is 11.0. The van der Waals surface area contributed by atoms with Gasteiger partial charge in [0.05, 0.1) is 6.61 Å². The molecule has 0 bridgehead atoms. The summed E-state index contributed by atoms with van der Waals surface area (Å²) in [6, 6.07) is 11.8. The van der Waals surface area contributed by atoms with Gasteiger partial charge in [-0.3, -0.25) is 0 Å². The van der Waals surface area contributed by atoms with Crippen molar-refractivity contribution in [2.75, 3.05) is 6.61 Å². The lowest BCUT2D eigenvalue weighted by Crippen LogP contribution is -1.99. The maximum atomic E-state index is 11.8. The summed E-state index contributed by atoms with van der Waals surface area (Å²) in [6.45, 7) is 4.16. The van der Waals surface area contributed by atoms with E-state index in [4.69, 9.17) is 4.74 Å². The highest BCUT2D eigenvalue weighted by Crippen LogP contribution is 2.33. The highest BCUT2D eigenvalue weighted by Gasteiger charge is 2.14. The first-order chi connectivity index (χ1) is 7.74. The minimum Gasteiger partial charge on any atom is -0.493 e. The third kappa shape index (κ3) is 1.89. The molecule has 0 saturated heterocycles. The van der Waals surface area contributed by atoms with Crippen molar-refractivity contribution in [2.24, 2.45) is 0 Å². The fourth-order valence-electron chi connectivity index (χ4n) is 1.98. The lowest BCUT2D eigenvalue weighted by Gasteiger charge is -2.14. The van der Waals surface area contributed by atoms with Crippen molar-refractivity contribution in [1.29, 1.82) is 0 Å². The van der Waals surface area contributed by atoms with Crippen molar-refractivity contribution in [3.05, 3.63) is 42.0 Å². The molecule has 0 aromatic heterocycles. The van der Waals surface area contributed by atoms with E-state index in [9.17, 15) is 5.11 Å². The maximum absolute atomic E-state index is 11.8. The van der Waals surface area contributed by atoms with Gasteiger partial charge in [-0.15, -0.1) is 0 Å². The number of hydrogen-bond donors (Lipinski definition) is 0. The standard InChI is InChI=1S/C14H15O2/c1-3-16-13-9-8-11-6-4-5-7-12(11)14(13)10(2)15/h4-10H,3H2,1-2H3. The number of rotatable bonds is 3. The van der Waals surface area contributed by atoms with Crippen LogP contribution in [0, 0.1) is 0 Å². The minimum atomic E-state index is -0.771. The first-order valence-corrected chi connectivity index (χ1v) is 5.54. The molecule has 83 valence electrons. The molecule has 2 rings (SSSR count). The van der Waals surface area contributed by atoms with Crippen molar-refractivity contribution in [1.82, 2.24) is 0 Å². The lowest BCUT2D eigenvalue weighted by molar-refractivity contribution is 0.104. The molecule has 16 heavy (non-hydrogen) atoms. The van der Waals surface area contributed by atoms with E-state index >= 15 is 0 Å². The Labute approximate surface area is 95.5 Å². The van der Waals surface area contributed by atoms with Gasteiger partial charge in [0.1, 0.15) is 11.9 Å². The molecule has 1 unspecified atom stereocenters. The molecule has 0 aliphatic carbocycles. The summed E-state index contributed by atoms with van der Waals surface area (Å²) in [5.74, 6) is 0.712. The van der Waals surface area contributed by atoms with Crippen LogP contribution < -0.4 is 4.74 Å². The van der Waals surface area contributed by atoms with Crippen LogP contribution in [-0.4, -0.2) is 6.61 Å². The second-order valence-electron chi connectivity index (χ2n) is 3.77. The highest BCUT2D eigenvalue weighted by molar-refractivity contribution is 5.88. The summed E-state index contributed by atoms with van der Waals surface area (Å²) in [7, 11) is 0. The van der Waals surface area contributed by atoms with Crippen LogP contribution in [0.25, 0.3) is 10.8 Å². The summed E-state index contributed by atoms with van der Waals surface area (Å²) >= 11 is 0. The molecule has 0 N–H and O–H groups in total. The zero-order chi connectivity index (χ0) is 11.5. The molecule has 0 aliphatic heterocycles. The van der Waals surface area contributed by atoms with Gasteiger partial charge in [-0.25, -0.2) is 5.11 Å². The molecule has 0 spiro atoms. The summed E-state index contributed by atoms with van der Waals surface area (Å²) in [5, 5.41) is 13.8. The van der Waals surface area contributed by atoms with Crippen molar-refractivity contribution in [3.63, 3.8) is 0 Å². The Hall–Kier alpha value is -1.54. The minimum absolute atomic E-state index is 0.581. The molecule has 2 aromatic rings. The number of hydrogen-bond acceptors (Lipinski definition) is 1. The first-order valence-electron chi connectivity index (χ1n) is 5.54. The van der Waals surface area contributed by atoms with E-state index in [0.29, 0.717) is 12.4 Å². The molecule has 1 atom stereocenters. The summed E-state index contributed by atoms with van der Waals surface area (Å²) in [5.41, 5.74) is 0.764. The van der Waals surface area contributed by atoms with Crippen LogP contribution in [0.2, 0.25) is 0 Å². The van der Waals surface area contributed by atoms with E-state index in [2.05, 4.69) is 0 Å². The van der Waals surface area contributed by atoms with Gasteiger partial charge >= 0.3 is 0 Å². The van der Waals surface area contributed by atoms with E-state index in [1.54, 1.807) is 6.92 Å². The normalized spacial score (nSPS) is 12.7. The fraction of sp³-hybridized carbons (Fsp3) is 0.286. The average Bonchev–Trinajstić information content (AvgIpc) is 2.28. The summed E-state index contributed by atoms with van der Waals surface area (Å²) in [6.07, 6.45) is -0.771. The Morgan fingerprint density at radius 3 is 2.62 bits per heavy atom. The van der Waals surface area contributed by atoms with Gasteiger partial charge in [-0.2, -0.15) is 0 Å². The third-order valence-corrected chi connectivity index (χ3v) is 2.64. The quantitative estimate of drug-likeness (QED) is 0.767. The molecule has 0 amide bonds. The Morgan fingerprint density at radius 1 is 1.19 bits per heavy atom. The fourth-order valence-corrected chi connectivity index (χ4v) is 1.98. The molecule has 0 aliphatic rings. The van der Waals surface area contributed by atoms with E-state index in [-0.39, 0.29) is 0 Å². The molecule has 2 heteroatoms.